The lowest BCUT2D eigenvalue weighted by molar-refractivity contribution is 0.0421. The lowest BCUT2D eigenvalue weighted by atomic mass is 10.0. The average Bonchev–Trinajstić information content (AvgIpc) is 2.87. The van der Waals surface area contributed by atoms with Crippen LogP contribution in [0, 0.1) is 5.92 Å². The second-order valence-corrected chi connectivity index (χ2v) is 4.32. The average molecular weight is 187 g/mol. The van der Waals surface area contributed by atoms with Gasteiger partial charge in [0.05, 0.1) is 5.60 Å². The first-order valence-corrected chi connectivity index (χ1v) is 5.14. The van der Waals surface area contributed by atoms with E-state index in [0.29, 0.717) is 6.54 Å². The van der Waals surface area contributed by atoms with E-state index >= 15 is 0 Å². The van der Waals surface area contributed by atoms with Crippen LogP contribution in [0.15, 0.2) is 0 Å². The van der Waals surface area contributed by atoms with Gasteiger partial charge in [0.1, 0.15) is 0 Å². The van der Waals surface area contributed by atoms with Crippen LogP contribution >= 0.6 is 0 Å². The molecule has 0 radical (unpaired) electrons. The molecule has 13 heavy (non-hydrogen) atoms. The first-order valence-electron chi connectivity index (χ1n) is 5.14. The van der Waals surface area contributed by atoms with Gasteiger partial charge in [-0.25, -0.2) is 0 Å². The Bertz CT molecular complexity index is 144. The van der Waals surface area contributed by atoms with Gasteiger partial charge in [0, 0.05) is 19.8 Å². The van der Waals surface area contributed by atoms with Crippen LogP contribution < -0.4 is 5.73 Å². The zero-order valence-corrected chi connectivity index (χ0v) is 8.46. The molecule has 1 atom stereocenters. The molecule has 3 N–H and O–H groups in total. The Morgan fingerprint density at radius 1 is 1.54 bits per heavy atom. The van der Waals surface area contributed by atoms with Gasteiger partial charge in [0.15, 0.2) is 0 Å². The van der Waals surface area contributed by atoms with E-state index in [1.165, 1.54) is 12.8 Å². The van der Waals surface area contributed by atoms with Crippen molar-refractivity contribution in [3.63, 3.8) is 0 Å². The topological polar surface area (TPSA) is 55.5 Å². The summed E-state index contributed by atoms with van der Waals surface area (Å²) in [5.74, 6) is 0.829. The number of aliphatic hydroxyl groups is 1. The van der Waals surface area contributed by atoms with Gasteiger partial charge in [0.2, 0.25) is 0 Å². The van der Waals surface area contributed by atoms with Crippen LogP contribution in [0.1, 0.15) is 32.6 Å². The highest BCUT2D eigenvalue weighted by atomic mass is 16.5. The van der Waals surface area contributed by atoms with Gasteiger partial charge in [-0.3, -0.25) is 0 Å². The van der Waals surface area contributed by atoms with Crippen LogP contribution in [0.3, 0.4) is 0 Å². The van der Waals surface area contributed by atoms with Crippen molar-refractivity contribution >= 4 is 0 Å². The molecule has 1 rings (SSSR count). The van der Waals surface area contributed by atoms with E-state index in [2.05, 4.69) is 0 Å². The fourth-order valence-electron chi connectivity index (χ4n) is 1.19. The summed E-state index contributed by atoms with van der Waals surface area (Å²) in [5, 5.41) is 9.56. The summed E-state index contributed by atoms with van der Waals surface area (Å²) in [6, 6.07) is 0. The standard InChI is InChI=1S/C10H21NO2/c1-10(12,8-11)5-2-6-13-7-9-3-4-9/h9,12H,2-8,11H2,1H3. The minimum absolute atomic E-state index is 0.329. The molecule has 1 aliphatic rings. The summed E-state index contributed by atoms with van der Waals surface area (Å²) in [6.45, 7) is 3.76. The third-order valence-electron chi connectivity index (χ3n) is 2.49. The van der Waals surface area contributed by atoms with Crippen LogP contribution in [0.2, 0.25) is 0 Å². The van der Waals surface area contributed by atoms with Crippen molar-refractivity contribution in [1.82, 2.24) is 0 Å². The van der Waals surface area contributed by atoms with Gasteiger partial charge in [0.25, 0.3) is 0 Å². The van der Waals surface area contributed by atoms with Gasteiger partial charge in [-0.15, -0.1) is 0 Å². The quantitative estimate of drug-likeness (QED) is 0.582. The number of ether oxygens (including phenoxy) is 1. The fraction of sp³-hybridized carbons (Fsp3) is 1.00. The fourth-order valence-corrected chi connectivity index (χ4v) is 1.19. The molecule has 0 bridgehead atoms. The maximum atomic E-state index is 9.56. The molecule has 1 aliphatic carbocycles. The Labute approximate surface area is 80.3 Å². The molecule has 0 amide bonds. The summed E-state index contributed by atoms with van der Waals surface area (Å²) in [6.07, 6.45) is 4.30. The van der Waals surface area contributed by atoms with Crippen LogP contribution in [-0.2, 0) is 4.74 Å². The molecule has 0 aromatic rings. The largest absolute Gasteiger partial charge is 0.389 e. The Morgan fingerprint density at radius 2 is 2.23 bits per heavy atom. The normalized spacial score (nSPS) is 21.5. The first kappa shape index (κ1) is 11.0. The molecule has 78 valence electrons. The van der Waals surface area contributed by atoms with Gasteiger partial charge >= 0.3 is 0 Å². The molecule has 3 heteroatoms. The Kier molecular flexibility index (Phi) is 4.16. The number of rotatable bonds is 7. The number of hydrogen-bond donors (Lipinski definition) is 2. The predicted molar refractivity (Wildman–Crippen MR) is 52.5 cm³/mol. The maximum Gasteiger partial charge on any atom is 0.0742 e. The summed E-state index contributed by atoms with van der Waals surface area (Å²) >= 11 is 0. The summed E-state index contributed by atoms with van der Waals surface area (Å²) in [7, 11) is 0. The maximum absolute atomic E-state index is 9.56. The monoisotopic (exact) mass is 187 g/mol. The van der Waals surface area contributed by atoms with E-state index < -0.39 is 5.60 Å². The number of nitrogens with two attached hydrogens (primary N) is 1. The number of hydrogen-bond acceptors (Lipinski definition) is 3. The molecular weight excluding hydrogens is 166 g/mol. The lowest BCUT2D eigenvalue weighted by Gasteiger charge is -2.20. The smallest absolute Gasteiger partial charge is 0.0742 e. The molecular formula is C10H21NO2. The molecule has 0 heterocycles. The second-order valence-electron chi connectivity index (χ2n) is 4.32. The van der Waals surface area contributed by atoms with Crippen molar-refractivity contribution in [3.05, 3.63) is 0 Å². The molecule has 0 saturated heterocycles. The second kappa shape index (κ2) is 4.94. The highest BCUT2D eigenvalue weighted by Crippen LogP contribution is 2.28. The van der Waals surface area contributed by atoms with E-state index in [9.17, 15) is 5.11 Å². The van der Waals surface area contributed by atoms with Gasteiger partial charge in [-0.1, -0.05) is 0 Å². The zero-order valence-electron chi connectivity index (χ0n) is 8.46. The molecule has 0 spiro atoms. The van der Waals surface area contributed by atoms with E-state index in [4.69, 9.17) is 10.5 Å². The Morgan fingerprint density at radius 3 is 2.77 bits per heavy atom. The van der Waals surface area contributed by atoms with Crippen molar-refractivity contribution in [3.8, 4) is 0 Å². The molecule has 1 unspecified atom stereocenters. The van der Waals surface area contributed by atoms with Crippen molar-refractivity contribution in [2.24, 2.45) is 11.7 Å². The van der Waals surface area contributed by atoms with Crippen molar-refractivity contribution in [2.45, 2.75) is 38.2 Å². The Hall–Kier alpha value is -0.120. The van der Waals surface area contributed by atoms with Gasteiger partial charge < -0.3 is 15.6 Å². The third kappa shape index (κ3) is 5.24. The molecule has 3 nitrogen and oxygen atoms in total. The van der Waals surface area contributed by atoms with E-state index in [1.807, 2.05) is 0 Å². The zero-order chi connectivity index (χ0) is 9.73. The van der Waals surface area contributed by atoms with E-state index in [1.54, 1.807) is 6.92 Å². The molecule has 0 aromatic heterocycles. The highest BCUT2D eigenvalue weighted by Gasteiger charge is 2.21. The Balaban J connectivity index is 1.87. The van der Waals surface area contributed by atoms with Gasteiger partial charge in [-0.05, 0) is 38.5 Å². The molecule has 1 saturated carbocycles. The summed E-state index contributed by atoms with van der Waals surface area (Å²) < 4.78 is 5.45. The minimum Gasteiger partial charge on any atom is -0.389 e. The van der Waals surface area contributed by atoms with Crippen molar-refractivity contribution < 1.29 is 9.84 Å². The molecule has 0 aliphatic heterocycles. The third-order valence-corrected chi connectivity index (χ3v) is 2.49. The van der Waals surface area contributed by atoms with Crippen molar-refractivity contribution in [1.29, 1.82) is 0 Å². The van der Waals surface area contributed by atoms with Crippen LogP contribution in [0.4, 0.5) is 0 Å². The molecule has 0 aromatic carbocycles. The van der Waals surface area contributed by atoms with Crippen LogP contribution in [0.25, 0.3) is 0 Å². The summed E-state index contributed by atoms with van der Waals surface area (Å²) in [4.78, 5) is 0. The minimum atomic E-state index is -0.705. The summed E-state index contributed by atoms with van der Waals surface area (Å²) in [5.41, 5.74) is 4.68. The predicted octanol–water partition coefficient (Wildman–Crippen LogP) is 0.903. The van der Waals surface area contributed by atoms with Crippen molar-refractivity contribution in [2.75, 3.05) is 19.8 Å². The lowest BCUT2D eigenvalue weighted by Crippen LogP contribution is -2.34. The molecule has 1 fully saturated rings. The van der Waals surface area contributed by atoms with Gasteiger partial charge in [-0.2, -0.15) is 0 Å². The van der Waals surface area contributed by atoms with Crippen LogP contribution in [0.5, 0.6) is 0 Å². The highest BCUT2D eigenvalue weighted by molar-refractivity contribution is 4.73. The van der Waals surface area contributed by atoms with Crippen LogP contribution in [-0.4, -0.2) is 30.5 Å². The van der Waals surface area contributed by atoms with E-state index in [-0.39, 0.29) is 0 Å². The first-order chi connectivity index (χ1) is 6.14. The SMILES string of the molecule is CC(O)(CN)CCCOCC1CC1. The van der Waals surface area contributed by atoms with E-state index in [0.717, 1.165) is 32.0 Å².